The van der Waals surface area contributed by atoms with Crippen LogP contribution in [0.1, 0.15) is 52.0 Å². The molecule has 1 aromatic carbocycles. The van der Waals surface area contributed by atoms with Crippen molar-refractivity contribution in [1.29, 1.82) is 0 Å². The van der Waals surface area contributed by atoms with Crippen LogP contribution in [0, 0.1) is 0 Å². The molecule has 1 fully saturated rings. The Morgan fingerprint density at radius 1 is 1.19 bits per heavy atom. The van der Waals surface area contributed by atoms with Gasteiger partial charge in [0.25, 0.3) is 0 Å². The molecule has 3 rings (SSSR count). The van der Waals surface area contributed by atoms with E-state index in [9.17, 15) is 4.79 Å². The monoisotopic (exact) mass is 372 g/mol. The summed E-state index contributed by atoms with van der Waals surface area (Å²) in [6.45, 7) is 6.61. The van der Waals surface area contributed by atoms with Crippen molar-refractivity contribution in [3.63, 3.8) is 0 Å². The molecule has 1 aliphatic rings. The van der Waals surface area contributed by atoms with E-state index >= 15 is 0 Å². The van der Waals surface area contributed by atoms with Crippen LogP contribution in [0.4, 0.5) is 0 Å². The maximum Gasteiger partial charge on any atom is 0.230 e. The van der Waals surface area contributed by atoms with Crippen LogP contribution in [0.2, 0.25) is 0 Å². The predicted octanol–water partition coefficient (Wildman–Crippen LogP) is 3.93. The van der Waals surface area contributed by atoms with E-state index in [1.165, 1.54) is 30.2 Å². The molecule has 6 heteroatoms. The molecule has 1 aliphatic carbocycles. The highest BCUT2D eigenvalue weighted by Crippen LogP contribution is 2.27. The average Bonchev–Trinajstić information content (AvgIpc) is 3.22. The summed E-state index contributed by atoms with van der Waals surface area (Å²) in [4.78, 5) is 12.1. The number of nitrogens with zero attached hydrogens (tertiary/aromatic N) is 3. The largest absolute Gasteiger partial charge is 0.353 e. The number of carbonyl (C=O) groups excluding carboxylic acids is 1. The fourth-order valence-electron chi connectivity index (χ4n) is 3.28. The van der Waals surface area contributed by atoms with Gasteiger partial charge < -0.3 is 9.88 Å². The molecule has 1 N–H and O–H groups in total. The van der Waals surface area contributed by atoms with Crippen LogP contribution in [0.5, 0.6) is 0 Å². The zero-order chi connectivity index (χ0) is 18.7. The third kappa shape index (κ3) is 4.47. The quantitative estimate of drug-likeness (QED) is 0.808. The number of benzene rings is 1. The summed E-state index contributed by atoms with van der Waals surface area (Å²) in [5.74, 6) is 1.29. The highest BCUT2D eigenvalue weighted by atomic mass is 32.2. The van der Waals surface area contributed by atoms with Crippen LogP contribution in [-0.4, -0.2) is 32.5 Å². The van der Waals surface area contributed by atoms with Crippen LogP contribution >= 0.6 is 11.8 Å². The molecule has 0 saturated heterocycles. The molecular weight excluding hydrogens is 344 g/mol. The van der Waals surface area contributed by atoms with Gasteiger partial charge in [0, 0.05) is 18.7 Å². The van der Waals surface area contributed by atoms with Crippen molar-refractivity contribution in [3.05, 3.63) is 29.8 Å². The third-order valence-electron chi connectivity index (χ3n) is 4.90. The van der Waals surface area contributed by atoms with Gasteiger partial charge in [-0.3, -0.25) is 4.79 Å². The lowest BCUT2D eigenvalue weighted by Crippen LogP contribution is -2.33. The predicted molar refractivity (Wildman–Crippen MR) is 106 cm³/mol. The molecule has 0 bridgehead atoms. The molecule has 0 spiro atoms. The lowest BCUT2D eigenvalue weighted by molar-refractivity contribution is -0.119. The van der Waals surface area contributed by atoms with Crippen molar-refractivity contribution < 1.29 is 4.79 Å². The zero-order valence-corrected chi connectivity index (χ0v) is 16.9. The van der Waals surface area contributed by atoms with Gasteiger partial charge in [0.15, 0.2) is 11.0 Å². The summed E-state index contributed by atoms with van der Waals surface area (Å²) in [6.07, 6.45) is 4.65. The minimum absolute atomic E-state index is 0.0842. The molecule has 1 saturated carbocycles. The second-order valence-electron chi connectivity index (χ2n) is 8.03. The number of rotatable bonds is 5. The van der Waals surface area contributed by atoms with Crippen LogP contribution < -0.4 is 5.32 Å². The maximum atomic E-state index is 12.1. The summed E-state index contributed by atoms with van der Waals surface area (Å²) < 4.78 is 1.96. The van der Waals surface area contributed by atoms with Gasteiger partial charge in [-0.15, -0.1) is 10.2 Å². The molecule has 0 unspecified atom stereocenters. The minimum atomic E-state index is 0.0842. The zero-order valence-electron chi connectivity index (χ0n) is 16.1. The first kappa shape index (κ1) is 19.0. The first-order chi connectivity index (χ1) is 12.3. The highest BCUT2D eigenvalue weighted by molar-refractivity contribution is 7.99. The van der Waals surface area contributed by atoms with E-state index in [-0.39, 0.29) is 11.3 Å². The summed E-state index contributed by atoms with van der Waals surface area (Å²) in [5, 5.41) is 12.5. The molecule has 1 heterocycles. The standard InChI is InChI=1S/C20H28N4OS/c1-20(2,3)15-11-9-14(10-12-15)18-22-23-19(24(18)4)26-13-17(25)21-16-7-5-6-8-16/h9-12,16H,5-8,13H2,1-4H3,(H,21,25). The SMILES string of the molecule is Cn1c(SCC(=O)NC2CCCC2)nnc1-c1ccc(C(C)(C)C)cc1. The molecule has 0 aliphatic heterocycles. The third-order valence-corrected chi connectivity index (χ3v) is 5.92. The fourth-order valence-corrected chi connectivity index (χ4v) is 4.00. The highest BCUT2D eigenvalue weighted by Gasteiger charge is 2.19. The van der Waals surface area contributed by atoms with Gasteiger partial charge in [-0.05, 0) is 23.8 Å². The van der Waals surface area contributed by atoms with Crippen LogP contribution in [0.15, 0.2) is 29.4 Å². The van der Waals surface area contributed by atoms with Crippen molar-refractivity contribution >= 4 is 17.7 Å². The van der Waals surface area contributed by atoms with Crippen LogP contribution in [0.3, 0.4) is 0 Å². The van der Waals surface area contributed by atoms with Gasteiger partial charge in [0.05, 0.1) is 5.75 Å². The minimum Gasteiger partial charge on any atom is -0.353 e. The number of carbonyl (C=O) groups is 1. The molecule has 26 heavy (non-hydrogen) atoms. The Kier molecular flexibility index (Phi) is 5.70. The molecule has 2 aromatic rings. The number of hydrogen-bond acceptors (Lipinski definition) is 4. The first-order valence-electron chi connectivity index (χ1n) is 9.27. The van der Waals surface area contributed by atoms with Gasteiger partial charge in [-0.1, -0.05) is 69.6 Å². The van der Waals surface area contributed by atoms with E-state index < -0.39 is 0 Å². The summed E-state index contributed by atoms with van der Waals surface area (Å²) in [7, 11) is 1.95. The summed E-state index contributed by atoms with van der Waals surface area (Å²) in [6, 6.07) is 8.83. The van der Waals surface area contributed by atoms with E-state index in [1.807, 2.05) is 11.6 Å². The van der Waals surface area contributed by atoms with E-state index in [2.05, 4.69) is 60.6 Å². The van der Waals surface area contributed by atoms with Gasteiger partial charge in [0.1, 0.15) is 0 Å². The summed E-state index contributed by atoms with van der Waals surface area (Å²) >= 11 is 1.44. The first-order valence-corrected chi connectivity index (χ1v) is 10.3. The Labute approximate surface area is 160 Å². The Hall–Kier alpha value is -1.82. The van der Waals surface area contributed by atoms with E-state index in [0.29, 0.717) is 11.8 Å². The van der Waals surface area contributed by atoms with Gasteiger partial charge in [-0.2, -0.15) is 0 Å². The van der Waals surface area contributed by atoms with Crippen molar-refractivity contribution in [2.24, 2.45) is 7.05 Å². The average molecular weight is 373 g/mol. The molecule has 1 aromatic heterocycles. The van der Waals surface area contributed by atoms with Crippen molar-refractivity contribution in [2.45, 2.75) is 63.1 Å². The van der Waals surface area contributed by atoms with Crippen LogP contribution in [0.25, 0.3) is 11.4 Å². The second-order valence-corrected chi connectivity index (χ2v) is 8.97. The van der Waals surface area contributed by atoms with Gasteiger partial charge >= 0.3 is 0 Å². The molecule has 1 amide bonds. The smallest absolute Gasteiger partial charge is 0.230 e. The Morgan fingerprint density at radius 3 is 2.46 bits per heavy atom. The Morgan fingerprint density at radius 2 is 1.85 bits per heavy atom. The molecule has 0 radical (unpaired) electrons. The Bertz CT molecular complexity index is 755. The topological polar surface area (TPSA) is 59.8 Å². The van der Waals surface area contributed by atoms with E-state index in [1.54, 1.807) is 0 Å². The van der Waals surface area contributed by atoms with E-state index in [0.717, 1.165) is 29.4 Å². The van der Waals surface area contributed by atoms with E-state index in [4.69, 9.17) is 0 Å². The number of hydrogen-bond donors (Lipinski definition) is 1. The lowest BCUT2D eigenvalue weighted by atomic mass is 9.87. The second kappa shape index (κ2) is 7.82. The van der Waals surface area contributed by atoms with Crippen LogP contribution in [-0.2, 0) is 17.3 Å². The fraction of sp³-hybridized carbons (Fsp3) is 0.550. The molecule has 0 atom stereocenters. The number of nitrogens with one attached hydrogen (secondary N) is 1. The molecular formula is C20H28N4OS. The molecule has 5 nitrogen and oxygen atoms in total. The maximum absolute atomic E-state index is 12.1. The summed E-state index contributed by atoms with van der Waals surface area (Å²) in [5.41, 5.74) is 2.46. The number of aromatic nitrogens is 3. The van der Waals surface area contributed by atoms with Gasteiger partial charge in [-0.25, -0.2) is 0 Å². The molecule has 140 valence electrons. The van der Waals surface area contributed by atoms with Crippen molar-refractivity contribution in [1.82, 2.24) is 20.1 Å². The van der Waals surface area contributed by atoms with Crippen molar-refractivity contribution in [3.8, 4) is 11.4 Å². The van der Waals surface area contributed by atoms with Crippen molar-refractivity contribution in [2.75, 3.05) is 5.75 Å². The lowest BCUT2D eigenvalue weighted by Gasteiger charge is -2.19. The number of amides is 1. The Balaban J connectivity index is 1.63. The normalized spacial score (nSPS) is 15.4. The number of thioether (sulfide) groups is 1. The van der Waals surface area contributed by atoms with Gasteiger partial charge in [0.2, 0.25) is 5.91 Å².